The van der Waals surface area contributed by atoms with Crippen LogP contribution in [-0.2, 0) is 0 Å². The second-order valence-corrected chi connectivity index (χ2v) is 5.98. The number of H-pyrrole nitrogens is 2. The van der Waals surface area contributed by atoms with E-state index in [1.165, 1.54) is 6.42 Å². The Kier molecular flexibility index (Phi) is 3.83. The molecule has 0 bridgehead atoms. The molecule has 0 aromatic carbocycles. The summed E-state index contributed by atoms with van der Waals surface area (Å²) in [5, 5.41) is 17.6. The van der Waals surface area contributed by atoms with E-state index in [9.17, 15) is 8.78 Å². The average molecular weight is 333 g/mol. The van der Waals surface area contributed by atoms with Gasteiger partial charge in [0.05, 0.1) is 11.6 Å². The van der Waals surface area contributed by atoms with E-state index in [0.717, 1.165) is 25.7 Å². The molecule has 0 amide bonds. The molecular weight excluding hydrogens is 316 g/mol. The van der Waals surface area contributed by atoms with Crippen molar-refractivity contribution in [2.24, 2.45) is 0 Å². The van der Waals surface area contributed by atoms with Gasteiger partial charge in [-0.3, -0.25) is 14.9 Å². The van der Waals surface area contributed by atoms with Gasteiger partial charge in [-0.2, -0.15) is 15.3 Å². The first-order valence-electron chi connectivity index (χ1n) is 8.02. The Hall–Kier alpha value is -2.58. The topological polar surface area (TPSA) is 88.1 Å². The molecule has 3 aromatic rings. The molecular formula is C15H17F2N7. The van der Waals surface area contributed by atoms with E-state index < -0.39 is 6.43 Å². The number of halogens is 2. The second-order valence-electron chi connectivity index (χ2n) is 5.98. The Bertz CT molecular complexity index is 800. The van der Waals surface area contributed by atoms with E-state index in [-0.39, 0.29) is 23.1 Å². The minimum atomic E-state index is -2.67. The van der Waals surface area contributed by atoms with Crippen LogP contribution in [0, 0.1) is 0 Å². The maximum absolute atomic E-state index is 13.4. The van der Waals surface area contributed by atoms with Crippen molar-refractivity contribution in [2.75, 3.05) is 0 Å². The summed E-state index contributed by atoms with van der Waals surface area (Å²) in [6.45, 7) is 0. The molecule has 0 unspecified atom stereocenters. The number of aromatic nitrogens is 7. The van der Waals surface area contributed by atoms with Gasteiger partial charge in [-0.1, -0.05) is 19.3 Å². The van der Waals surface area contributed by atoms with Crippen molar-refractivity contribution in [3.8, 4) is 22.9 Å². The van der Waals surface area contributed by atoms with E-state index in [1.807, 2.05) is 0 Å². The molecule has 0 saturated heterocycles. The molecule has 126 valence electrons. The maximum atomic E-state index is 13.4. The van der Waals surface area contributed by atoms with Crippen LogP contribution >= 0.6 is 0 Å². The monoisotopic (exact) mass is 333 g/mol. The van der Waals surface area contributed by atoms with Crippen LogP contribution < -0.4 is 0 Å². The van der Waals surface area contributed by atoms with Crippen LogP contribution in [0.2, 0.25) is 0 Å². The highest BCUT2D eigenvalue weighted by molar-refractivity contribution is 5.60. The van der Waals surface area contributed by atoms with Gasteiger partial charge in [-0.25, -0.2) is 13.8 Å². The molecule has 1 fully saturated rings. The largest absolute Gasteiger partial charge is 0.282 e. The fourth-order valence-electron chi connectivity index (χ4n) is 3.16. The van der Waals surface area contributed by atoms with Crippen LogP contribution in [0.15, 0.2) is 18.5 Å². The molecule has 1 aliphatic rings. The third-order valence-corrected chi connectivity index (χ3v) is 4.40. The minimum absolute atomic E-state index is 0.177. The zero-order valence-corrected chi connectivity index (χ0v) is 12.9. The number of aromatic amines is 2. The van der Waals surface area contributed by atoms with Crippen molar-refractivity contribution in [1.82, 2.24) is 35.2 Å². The molecule has 1 aliphatic carbocycles. The summed E-state index contributed by atoms with van der Waals surface area (Å²) in [6, 6.07) is 1.90. The summed E-state index contributed by atoms with van der Waals surface area (Å²) < 4.78 is 28.5. The SMILES string of the molecule is FC(F)c1nn(C2CCCCC2)cc1-c1n[nH]c(-c2ccn[nH]2)n1. The summed E-state index contributed by atoms with van der Waals surface area (Å²) in [6.07, 6.45) is 5.91. The first-order valence-corrected chi connectivity index (χ1v) is 8.02. The summed E-state index contributed by atoms with van der Waals surface area (Å²) in [7, 11) is 0. The molecule has 9 heteroatoms. The first kappa shape index (κ1) is 15.0. The molecule has 24 heavy (non-hydrogen) atoms. The highest BCUT2D eigenvalue weighted by atomic mass is 19.3. The average Bonchev–Trinajstić information content (AvgIpc) is 3.33. The van der Waals surface area contributed by atoms with Crippen LogP contribution in [0.25, 0.3) is 22.9 Å². The lowest BCUT2D eigenvalue weighted by atomic mass is 9.96. The summed E-state index contributed by atoms with van der Waals surface area (Å²) in [4.78, 5) is 4.30. The number of rotatable bonds is 4. The van der Waals surface area contributed by atoms with Crippen LogP contribution in [0.5, 0.6) is 0 Å². The second kappa shape index (κ2) is 6.14. The van der Waals surface area contributed by atoms with Crippen molar-refractivity contribution >= 4 is 0 Å². The van der Waals surface area contributed by atoms with Gasteiger partial charge in [0.1, 0.15) is 11.4 Å². The minimum Gasteiger partial charge on any atom is -0.275 e. The Morgan fingerprint density at radius 1 is 1.17 bits per heavy atom. The summed E-state index contributed by atoms with van der Waals surface area (Å²) in [5.74, 6) is 0.671. The lowest BCUT2D eigenvalue weighted by molar-refractivity contribution is 0.144. The smallest absolute Gasteiger partial charge is 0.275 e. The Balaban J connectivity index is 1.70. The fourth-order valence-corrected chi connectivity index (χ4v) is 3.16. The number of nitrogens with one attached hydrogen (secondary N) is 2. The van der Waals surface area contributed by atoms with Gasteiger partial charge in [-0.05, 0) is 18.9 Å². The lowest BCUT2D eigenvalue weighted by Gasteiger charge is -2.21. The zero-order valence-electron chi connectivity index (χ0n) is 12.9. The van der Waals surface area contributed by atoms with E-state index in [0.29, 0.717) is 11.5 Å². The normalized spacial score (nSPS) is 16.1. The standard InChI is InChI=1S/C15H17F2N7/c16-13(17)12-10(8-24(23-12)9-4-2-1-3-5-9)14-19-15(22-21-14)11-6-7-18-20-11/h6-9,13H,1-5H2,(H,18,20)(H,19,21,22). The molecule has 2 N–H and O–H groups in total. The molecule has 3 aromatic heterocycles. The molecule has 1 saturated carbocycles. The Morgan fingerprint density at radius 2 is 2.00 bits per heavy atom. The Morgan fingerprint density at radius 3 is 2.71 bits per heavy atom. The third kappa shape index (κ3) is 2.70. The van der Waals surface area contributed by atoms with Gasteiger partial charge < -0.3 is 0 Å². The van der Waals surface area contributed by atoms with Crippen LogP contribution in [0.3, 0.4) is 0 Å². The molecule has 0 atom stereocenters. The highest BCUT2D eigenvalue weighted by Crippen LogP contribution is 2.33. The molecule has 3 heterocycles. The molecule has 7 nitrogen and oxygen atoms in total. The van der Waals surface area contributed by atoms with Gasteiger partial charge in [-0.15, -0.1) is 0 Å². The zero-order chi connectivity index (χ0) is 16.5. The first-order chi connectivity index (χ1) is 11.7. The predicted molar refractivity (Wildman–Crippen MR) is 82.3 cm³/mol. The fraction of sp³-hybridized carbons (Fsp3) is 0.467. The van der Waals surface area contributed by atoms with Crippen molar-refractivity contribution < 1.29 is 8.78 Å². The maximum Gasteiger partial charge on any atom is 0.282 e. The van der Waals surface area contributed by atoms with Crippen molar-refractivity contribution in [3.05, 3.63) is 24.2 Å². The number of hydrogen-bond donors (Lipinski definition) is 2. The van der Waals surface area contributed by atoms with Gasteiger partial charge in [0.25, 0.3) is 6.43 Å². The van der Waals surface area contributed by atoms with Crippen molar-refractivity contribution in [2.45, 2.75) is 44.6 Å². The van der Waals surface area contributed by atoms with Crippen molar-refractivity contribution in [3.63, 3.8) is 0 Å². The number of hydrogen-bond acceptors (Lipinski definition) is 4. The van der Waals surface area contributed by atoms with Gasteiger partial charge in [0.15, 0.2) is 11.6 Å². The number of alkyl halides is 2. The third-order valence-electron chi connectivity index (χ3n) is 4.40. The summed E-state index contributed by atoms with van der Waals surface area (Å²) >= 11 is 0. The number of nitrogens with zero attached hydrogens (tertiary/aromatic N) is 5. The van der Waals surface area contributed by atoms with E-state index in [4.69, 9.17) is 0 Å². The van der Waals surface area contributed by atoms with Gasteiger partial charge in [0.2, 0.25) is 0 Å². The van der Waals surface area contributed by atoms with Crippen LogP contribution in [0.1, 0.15) is 50.3 Å². The van der Waals surface area contributed by atoms with E-state index in [1.54, 1.807) is 23.1 Å². The van der Waals surface area contributed by atoms with Crippen LogP contribution in [0.4, 0.5) is 8.78 Å². The van der Waals surface area contributed by atoms with E-state index in [2.05, 4.69) is 30.5 Å². The van der Waals surface area contributed by atoms with E-state index >= 15 is 0 Å². The van der Waals surface area contributed by atoms with Crippen molar-refractivity contribution in [1.29, 1.82) is 0 Å². The Labute approximate surface area is 136 Å². The molecule has 0 aliphatic heterocycles. The molecule has 4 rings (SSSR count). The quantitative estimate of drug-likeness (QED) is 0.765. The molecule has 0 radical (unpaired) electrons. The van der Waals surface area contributed by atoms with Crippen LogP contribution in [-0.4, -0.2) is 35.2 Å². The van der Waals surface area contributed by atoms with Gasteiger partial charge >= 0.3 is 0 Å². The lowest BCUT2D eigenvalue weighted by Crippen LogP contribution is -2.13. The highest BCUT2D eigenvalue weighted by Gasteiger charge is 2.25. The van der Waals surface area contributed by atoms with Gasteiger partial charge in [0, 0.05) is 12.4 Å². The predicted octanol–water partition coefficient (Wildman–Crippen LogP) is 3.50. The summed E-state index contributed by atoms with van der Waals surface area (Å²) in [5.41, 5.74) is 0.653. The molecule has 0 spiro atoms.